The van der Waals surface area contributed by atoms with Crippen molar-refractivity contribution in [3.8, 4) is 5.75 Å². The van der Waals surface area contributed by atoms with Crippen molar-refractivity contribution in [3.63, 3.8) is 0 Å². The minimum absolute atomic E-state index is 0.175. The summed E-state index contributed by atoms with van der Waals surface area (Å²) in [7, 11) is 0. The van der Waals surface area contributed by atoms with Gasteiger partial charge in [-0.05, 0) is 12.1 Å². The lowest BCUT2D eigenvalue weighted by molar-refractivity contribution is 0.435. The summed E-state index contributed by atoms with van der Waals surface area (Å²) < 4.78 is 5.16. The molecule has 2 rings (SSSR count). The van der Waals surface area contributed by atoms with Crippen LogP contribution in [-0.2, 0) is 4.79 Å². The maximum Gasteiger partial charge on any atom is 0.273 e. The van der Waals surface area contributed by atoms with E-state index in [9.17, 15) is 4.79 Å². The smallest absolute Gasteiger partial charge is 0.273 e. The third-order valence-corrected chi connectivity index (χ3v) is 1.57. The van der Waals surface area contributed by atoms with E-state index in [0.717, 1.165) is 5.69 Å². The molecule has 3 nitrogen and oxygen atoms in total. The largest absolute Gasteiger partial charge is 0.449 e. The van der Waals surface area contributed by atoms with E-state index in [1.54, 1.807) is 12.4 Å². The fourth-order valence-electron chi connectivity index (χ4n) is 1.02. The summed E-state index contributed by atoms with van der Waals surface area (Å²) >= 11 is 0. The summed E-state index contributed by atoms with van der Waals surface area (Å²) in [5.74, 6) is 0.826. The summed E-state index contributed by atoms with van der Waals surface area (Å²) in [5.41, 5.74) is 0.858. The monoisotopic (exact) mass is 160 g/mol. The number of carbonyl (C=O) groups excluding carboxylic acids is 1. The molecule has 0 unspecified atom stereocenters. The van der Waals surface area contributed by atoms with Crippen molar-refractivity contribution in [2.45, 2.75) is 0 Å². The maximum atomic E-state index is 10.2. The predicted octanol–water partition coefficient (Wildman–Crippen LogP) is 1.44. The van der Waals surface area contributed by atoms with Crippen molar-refractivity contribution >= 4 is 12.0 Å². The van der Waals surface area contributed by atoms with Crippen LogP contribution in [0.2, 0.25) is 0 Å². The van der Waals surface area contributed by atoms with Crippen molar-refractivity contribution in [1.29, 1.82) is 0 Å². The fourth-order valence-corrected chi connectivity index (χ4v) is 1.02. The number of allylic oxidation sites excluding steroid dienone is 1. The lowest BCUT2D eigenvalue weighted by Gasteiger charge is -2.14. The van der Waals surface area contributed by atoms with Crippen LogP contribution in [0.1, 0.15) is 0 Å². The molecular weight excluding hydrogens is 154 g/mol. The Kier molecular flexibility index (Phi) is 1.55. The van der Waals surface area contributed by atoms with Gasteiger partial charge in [-0.3, -0.25) is 4.79 Å². The van der Waals surface area contributed by atoms with E-state index in [1.165, 1.54) is 6.20 Å². The Morgan fingerprint density at radius 2 is 2.17 bits per heavy atom. The molecule has 1 N–H and O–H groups in total. The van der Waals surface area contributed by atoms with Crippen LogP contribution in [0.25, 0.3) is 0 Å². The molecule has 1 aromatic rings. The molecular formula is C9H6NO2. The van der Waals surface area contributed by atoms with E-state index in [1.807, 2.05) is 18.2 Å². The van der Waals surface area contributed by atoms with Crippen molar-refractivity contribution < 1.29 is 9.53 Å². The van der Waals surface area contributed by atoms with Crippen molar-refractivity contribution in [1.82, 2.24) is 0 Å². The highest BCUT2D eigenvalue weighted by Crippen LogP contribution is 2.28. The zero-order valence-electron chi connectivity index (χ0n) is 6.20. The Balaban J connectivity index is 2.36. The molecule has 0 atom stereocenters. The number of fused-ring (bicyclic) bond motifs is 1. The fraction of sp³-hybridized carbons (Fsp3) is 0. The van der Waals surface area contributed by atoms with Crippen LogP contribution in [0.15, 0.2) is 36.2 Å². The first kappa shape index (κ1) is 6.91. The molecule has 1 radical (unpaired) electrons. The van der Waals surface area contributed by atoms with E-state index in [0.29, 0.717) is 5.75 Å². The second kappa shape index (κ2) is 2.70. The molecule has 0 aliphatic carbocycles. The first-order valence-electron chi connectivity index (χ1n) is 3.52. The number of ether oxygens (including phenoxy) is 1. The maximum absolute atomic E-state index is 10.2. The van der Waals surface area contributed by atoms with Gasteiger partial charge < -0.3 is 10.1 Å². The van der Waals surface area contributed by atoms with Gasteiger partial charge in [0.2, 0.25) is 0 Å². The molecule has 1 heterocycles. The van der Waals surface area contributed by atoms with Crippen LogP contribution in [0.5, 0.6) is 5.75 Å². The average molecular weight is 160 g/mol. The lowest BCUT2D eigenvalue weighted by Crippen LogP contribution is -2.07. The zero-order chi connectivity index (χ0) is 8.39. The summed E-state index contributed by atoms with van der Waals surface area (Å²) in [6.07, 6.45) is 3.15. The van der Waals surface area contributed by atoms with Gasteiger partial charge in [0.25, 0.3) is 6.29 Å². The topological polar surface area (TPSA) is 38.3 Å². The highest BCUT2D eigenvalue weighted by Gasteiger charge is 2.10. The predicted molar refractivity (Wildman–Crippen MR) is 44.5 cm³/mol. The van der Waals surface area contributed by atoms with Crippen LogP contribution < -0.4 is 10.1 Å². The van der Waals surface area contributed by atoms with Crippen LogP contribution in [0.4, 0.5) is 5.69 Å². The molecule has 0 saturated heterocycles. The second-order valence-corrected chi connectivity index (χ2v) is 2.35. The molecule has 0 saturated carbocycles. The highest BCUT2D eigenvalue weighted by molar-refractivity contribution is 5.76. The van der Waals surface area contributed by atoms with Crippen LogP contribution in [-0.4, -0.2) is 6.29 Å². The number of hydrogen-bond donors (Lipinski definition) is 1. The molecule has 1 aliphatic rings. The second-order valence-electron chi connectivity index (χ2n) is 2.35. The van der Waals surface area contributed by atoms with Gasteiger partial charge in [0.15, 0.2) is 11.5 Å². The first-order valence-corrected chi connectivity index (χ1v) is 3.52. The van der Waals surface area contributed by atoms with Crippen LogP contribution in [0, 0.1) is 0 Å². The molecule has 3 heteroatoms. The number of benzene rings is 1. The Hall–Kier alpha value is -1.77. The Morgan fingerprint density at radius 3 is 3.00 bits per heavy atom. The molecule has 59 valence electrons. The zero-order valence-corrected chi connectivity index (χ0v) is 6.20. The van der Waals surface area contributed by atoms with Crippen molar-refractivity contribution in [2.75, 3.05) is 5.32 Å². The van der Waals surface area contributed by atoms with Gasteiger partial charge >= 0.3 is 0 Å². The minimum Gasteiger partial charge on any atom is -0.449 e. The molecule has 0 bridgehead atoms. The van der Waals surface area contributed by atoms with Crippen molar-refractivity contribution in [2.24, 2.45) is 0 Å². The normalized spacial score (nSPS) is 13.5. The number of hydrogen-bond acceptors (Lipinski definition) is 3. The third-order valence-electron chi connectivity index (χ3n) is 1.57. The van der Waals surface area contributed by atoms with E-state index >= 15 is 0 Å². The molecule has 1 aromatic carbocycles. The molecule has 0 amide bonds. The minimum atomic E-state index is 0.175. The van der Waals surface area contributed by atoms with E-state index in [2.05, 4.69) is 5.32 Å². The van der Waals surface area contributed by atoms with E-state index in [4.69, 9.17) is 4.74 Å². The quantitative estimate of drug-likeness (QED) is 0.675. The Bertz CT molecular complexity index is 344. The van der Waals surface area contributed by atoms with Crippen LogP contribution in [0.3, 0.4) is 0 Å². The highest BCUT2D eigenvalue weighted by atomic mass is 16.5. The number of nitrogens with one attached hydrogen (secondary N) is 1. The summed E-state index contributed by atoms with van der Waals surface area (Å²) in [6.45, 7) is 0. The lowest BCUT2D eigenvalue weighted by atomic mass is 10.3. The average Bonchev–Trinajstić information content (AvgIpc) is 2.17. The first-order chi connectivity index (χ1) is 5.90. The SMILES string of the molecule is O=[C]C1=CNc2ccccc2O1. The van der Waals surface area contributed by atoms with Gasteiger partial charge in [-0.1, -0.05) is 12.1 Å². The summed E-state index contributed by atoms with van der Waals surface area (Å²) in [4.78, 5) is 10.2. The standard InChI is InChI=1S/C9H6NO2/c11-6-7-5-10-8-3-1-2-4-9(8)12-7/h1-5,10H. The number of rotatable bonds is 1. The third kappa shape index (κ3) is 1.05. The summed E-state index contributed by atoms with van der Waals surface area (Å²) in [6, 6.07) is 7.38. The molecule has 0 spiro atoms. The van der Waals surface area contributed by atoms with Gasteiger partial charge in [0.05, 0.1) is 5.69 Å². The Labute approximate surface area is 69.7 Å². The van der Waals surface area contributed by atoms with Gasteiger partial charge in [0, 0.05) is 6.20 Å². The van der Waals surface area contributed by atoms with Gasteiger partial charge in [-0.2, -0.15) is 0 Å². The van der Waals surface area contributed by atoms with Gasteiger partial charge in [-0.25, -0.2) is 0 Å². The van der Waals surface area contributed by atoms with Gasteiger partial charge in [-0.15, -0.1) is 0 Å². The Morgan fingerprint density at radius 1 is 1.33 bits per heavy atom. The molecule has 1 aliphatic heterocycles. The van der Waals surface area contributed by atoms with Gasteiger partial charge in [0.1, 0.15) is 0 Å². The number of para-hydroxylation sites is 2. The van der Waals surface area contributed by atoms with E-state index < -0.39 is 0 Å². The number of anilines is 1. The van der Waals surface area contributed by atoms with Crippen LogP contribution >= 0.6 is 0 Å². The molecule has 0 aromatic heterocycles. The van der Waals surface area contributed by atoms with Crippen molar-refractivity contribution in [3.05, 3.63) is 36.2 Å². The van der Waals surface area contributed by atoms with E-state index in [-0.39, 0.29) is 5.76 Å². The molecule has 12 heavy (non-hydrogen) atoms. The molecule has 0 fully saturated rings. The summed E-state index contributed by atoms with van der Waals surface area (Å²) in [5, 5.41) is 2.91.